The van der Waals surface area contributed by atoms with Crippen LogP contribution in [0.15, 0.2) is 21.9 Å². The molecule has 0 radical (unpaired) electrons. The Morgan fingerprint density at radius 2 is 1.76 bits per heavy atom. The van der Waals surface area contributed by atoms with E-state index < -0.39 is 63.1 Å². The molecular weight excluding hydrogens is 529 g/mol. The number of amides is 1. The summed E-state index contributed by atoms with van der Waals surface area (Å²) in [6, 6.07) is 0.711. The van der Waals surface area contributed by atoms with E-state index in [0.29, 0.717) is 5.75 Å². The molecule has 0 aromatic carbocycles. The van der Waals surface area contributed by atoms with E-state index in [4.69, 9.17) is 19.3 Å². The van der Waals surface area contributed by atoms with Crippen LogP contribution >= 0.6 is 11.8 Å². The van der Waals surface area contributed by atoms with Crippen LogP contribution in [0.2, 0.25) is 36.3 Å². The van der Waals surface area contributed by atoms with Gasteiger partial charge >= 0.3 is 5.69 Å². The number of nitrogens with one attached hydrogen (secondary N) is 2. The van der Waals surface area contributed by atoms with Gasteiger partial charge in [0.1, 0.15) is 17.1 Å². The zero-order valence-electron chi connectivity index (χ0n) is 23.8. The average Bonchev–Trinajstić information content (AvgIpc) is 3.29. The monoisotopic (exact) mass is 572 g/mol. The fourth-order valence-corrected chi connectivity index (χ4v) is 7.89. The molecule has 5 atom stereocenters. The molecule has 1 aromatic rings. The number of carbonyl (C=O) groups is 1. The molecule has 3 rings (SSSR count). The van der Waals surface area contributed by atoms with E-state index in [2.05, 4.69) is 78.0 Å². The molecule has 1 amide bonds. The molecule has 13 heteroatoms. The van der Waals surface area contributed by atoms with Gasteiger partial charge in [0.2, 0.25) is 5.91 Å². The first kappa shape index (κ1) is 30.3. The Bertz CT molecular complexity index is 1130. The highest BCUT2D eigenvalue weighted by molar-refractivity contribution is 8.01. The number of H-pyrrole nitrogens is 1. The minimum absolute atomic E-state index is 0.0168. The fourth-order valence-electron chi connectivity index (χ4n) is 3.96. The molecule has 10 nitrogen and oxygen atoms in total. The number of hydrogen-bond acceptors (Lipinski definition) is 8. The second kappa shape index (κ2) is 10.1. The summed E-state index contributed by atoms with van der Waals surface area (Å²) in [7, 11) is -4.56. The fraction of sp³-hybridized carbons (Fsp3) is 0.792. The van der Waals surface area contributed by atoms with Crippen molar-refractivity contribution in [3.63, 3.8) is 0 Å². The van der Waals surface area contributed by atoms with Crippen molar-refractivity contribution in [3.8, 4) is 0 Å². The predicted octanol–water partition coefficient (Wildman–Crippen LogP) is 2.73. The number of rotatable bonds is 7. The largest absolute Gasteiger partial charge is 0.414 e. The molecule has 2 aliphatic heterocycles. The summed E-state index contributed by atoms with van der Waals surface area (Å²) >= 11 is 1.53. The van der Waals surface area contributed by atoms with Gasteiger partial charge in [0.05, 0.1) is 12.6 Å². The zero-order chi connectivity index (χ0) is 28.2. The summed E-state index contributed by atoms with van der Waals surface area (Å²) in [6.07, 6.45) is -0.615. The van der Waals surface area contributed by atoms with Gasteiger partial charge in [0, 0.05) is 18.0 Å². The molecule has 1 aromatic heterocycles. The lowest BCUT2D eigenvalue weighted by molar-refractivity contribution is -0.119. The van der Waals surface area contributed by atoms with Crippen LogP contribution in [0.1, 0.15) is 47.8 Å². The maximum Gasteiger partial charge on any atom is 0.330 e. The van der Waals surface area contributed by atoms with Crippen molar-refractivity contribution >= 4 is 34.3 Å². The van der Waals surface area contributed by atoms with Crippen molar-refractivity contribution in [3.05, 3.63) is 33.1 Å². The molecule has 4 N–H and O–H groups in total. The topological polar surface area (TPSA) is 138 Å². The van der Waals surface area contributed by atoms with Crippen LogP contribution in [0.5, 0.6) is 0 Å². The Balaban J connectivity index is 2.13. The van der Waals surface area contributed by atoms with Crippen molar-refractivity contribution in [1.82, 2.24) is 14.9 Å². The van der Waals surface area contributed by atoms with Gasteiger partial charge in [-0.1, -0.05) is 41.5 Å². The van der Waals surface area contributed by atoms with E-state index in [0.717, 1.165) is 0 Å². The molecule has 0 aliphatic carbocycles. The van der Waals surface area contributed by atoms with E-state index in [9.17, 15) is 14.4 Å². The third kappa shape index (κ3) is 5.87. The number of nitrogens with zero attached hydrogens (tertiary/aromatic N) is 1. The number of nitrogens with two attached hydrogens (primary N) is 1. The summed E-state index contributed by atoms with van der Waals surface area (Å²) in [6.45, 7) is 21.8. The highest BCUT2D eigenvalue weighted by Gasteiger charge is 2.64. The van der Waals surface area contributed by atoms with E-state index in [-0.39, 0.29) is 16.7 Å². The lowest BCUT2D eigenvalue weighted by Gasteiger charge is -2.44. The summed E-state index contributed by atoms with van der Waals surface area (Å²) in [5.41, 5.74) is 4.64. The highest BCUT2D eigenvalue weighted by Crippen LogP contribution is 2.52. The van der Waals surface area contributed by atoms with E-state index in [1.165, 1.54) is 28.6 Å². The smallest absolute Gasteiger partial charge is 0.330 e. The van der Waals surface area contributed by atoms with Gasteiger partial charge in [0.25, 0.3) is 5.56 Å². The number of aromatic amines is 1. The van der Waals surface area contributed by atoms with Crippen molar-refractivity contribution in [2.24, 2.45) is 5.73 Å². The van der Waals surface area contributed by atoms with Crippen LogP contribution in [-0.2, 0) is 18.4 Å². The molecule has 0 bridgehead atoms. The summed E-state index contributed by atoms with van der Waals surface area (Å²) in [5.74, 6) is -0.0101. The van der Waals surface area contributed by atoms with Crippen molar-refractivity contribution in [1.29, 1.82) is 0 Å². The van der Waals surface area contributed by atoms with Crippen molar-refractivity contribution in [2.75, 3.05) is 12.4 Å². The van der Waals surface area contributed by atoms with Crippen LogP contribution in [0.3, 0.4) is 0 Å². The first-order chi connectivity index (χ1) is 16.7. The maximum absolute atomic E-state index is 12.9. The first-order valence-corrected chi connectivity index (χ1v) is 19.5. The molecule has 2 aliphatic rings. The molecule has 1 spiro atoms. The minimum atomic E-state index is -2.40. The standard InChI is InChI=1S/C24H44N4O6SSi2/c1-22(2,3)36(7,8)32-13-16-24(27-15(14-35-24)19(25)30)18(34-37(9,10)23(4,5)6)20(33-16)28-12-11-17(29)26-21(28)31/h11-12,15-16,18,20,27H,13-14H2,1-10H3,(H2,25,30)(H,26,29,31)/t15-,16?,18?,20?,24+/m0/s1. The van der Waals surface area contributed by atoms with Gasteiger partial charge in [-0.15, -0.1) is 11.8 Å². The normalized spacial score (nSPS) is 29.2. The molecule has 2 fully saturated rings. The van der Waals surface area contributed by atoms with Gasteiger partial charge in [-0.2, -0.15) is 0 Å². The van der Waals surface area contributed by atoms with Crippen LogP contribution in [0.4, 0.5) is 0 Å². The van der Waals surface area contributed by atoms with Crippen molar-refractivity contribution in [2.45, 2.75) is 107 Å². The zero-order valence-corrected chi connectivity index (χ0v) is 26.6. The van der Waals surface area contributed by atoms with Crippen LogP contribution in [-0.4, -0.2) is 67.6 Å². The van der Waals surface area contributed by atoms with Gasteiger partial charge in [-0.05, 0) is 36.3 Å². The Hall–Kier alpha value is -1.23. The lowest BCUT2D eigenvalue weighted by Crippen LogP contribution is -2.62. The average molecular weight is 573 g/mol. The molecule has 0 saturated carbocycles. The van der Waals surface area contributed by atoms with Crippen LogP contribution in [0.25, 0.3) is 0 Å². The molecule has 2 saturated heterocycles. The number of ether oxygens (including phenoxy) is 1. The Labute approximate surface area is 225 Å². The van der Waals surface area contributed by atoms with Crippen LogP contribution < -0.4 is 22.3 Å². The minimum Gasteiger partial charge on any atom is -0.414 e. The third-order valence-electron chi connectivity index (χ3n) is 8.45. The molecule has 210 valence electrons. The van der Waals surface area contributed by atoms with Crippen LogP contribution in [0, 0.1) is 0 Å². The number of thioether (sulfide) groups is 1. The first-order valence-electron chi connectivity index (χ1n) is 12.7. The van der Waals surface area contributed by atoms with Gasteiger partial charge in [-0.3, -0.25) is 24.5 Å². The van der Waals surface area contributed by atoms with E-state index >= 15 is 0 Å². The van der Waals surface area contributed by atoms with Gasteiger partial charge in [0.15, 0.2) is 22.9 Å². The molecule has 3 unspecified atom stereocenters. The number of hydrogen-bond donors (Lipinski definition) is 3. The molecule has 3 heterocycles. The second-order valence-corrected chi connectivity index (χ2v) is 24.0. The Morgan fingerprint density at radius 1 is 1.16 bits per heavy atom. The Kier molecular flexibility index (Phi) is 8.25. The number of aromatic nitrogens is 2. The Morgan fingerprint density at radius 3 is 2.24 bits per heavy atom. The third-order valence-corrected chi connectivity index (χ3v) is 19.0. The van der Waals surface area contributed by atoms with E-state index in [1.54, 1.807) is 0 Å². The summed E-state index contributed by atoms with van der Waals surface area (Å²) in [5, 5.41) is 3.31. The summed E-state index contributed by atoms with van der Waals surface area (Å²) < 4.78 is 21.6. The lowest BCUT2D eigenvalue weighted by atomic mass is 10.1. The van der Waals surface area contributed by atoms with Gasteiger partial charge in [-0.25, -0.2) is 4.79 Å². The number of primary amides is 1. The quantitative estimate of drug-likeness (QED) is 0.424. The summed E-state index contributed by atoms with van der Waals surface area (Å²) in [4.78, 5) is 38.4. The maximum atomic E-state index is 12.9. The van der Waals surface area contributed by atoms with Crippen molar-refractivity contribution < 1.29 is 18.4 Å². The van der Waals surface area contributed by atoms with Gasteiger partial charge < -0.3 is 19.3 Å². The number of carbonyl (C=O) groups excluding carboxylic acids is 1. The second-order valence-electron chi connectivity index (χ2n) is 13.1. The van der Waals surface area contributed by atoms with E-state index in [1.807, 2.05) is 0 Å². The molecular formula is C24H44N4O6SSi2. The SMILES string of the molecule is CC(C)(C)[Si](C)(C)OCC1OC(n2ccc(=O)[nH]c2=O)C(O[Si](C)(C)C(C)(C)C)[C@@]12N[C@H](C(N)=O)CS2. The predicted molar refractivity (Wildman–Crippen MR) is 152 cm³/mol. The highest BCUT2D eigenvalue weighted by atomic mass is 32.2. The molecule has 37 heavy (non-hydrogen) atoms.